The highest BCUT2D eigenvalue weighted by molar-refractivity contribution is 6.30. The standard InChI is InChI=1S/C26H27ClFN3O2/c1-5-10-31-23-13-21(28)18(11-20(23)16(2)14-26(31,3)4)12-22-24(32)30(25(33)29-22)15-17-6-8-19(27)9-7-17/h6-9,11-14H,5,10,15H2,1-4H3,(H,29,33)/b22-12+. The molecule has 7 heteroatoms. The average molecular weight is 468 g/mol. The molecule has 0 aromatic heterocycles. The summed E-state index contributed by atoms with van der Waals surface area (Å²) in [4.78, 5) is 28.6. The van der Waals surface area contributed by atoms with Crippen molar-refractivity contribution in [2.24, 2.45) is 0 Å². The number of halogens is 2. The molecule has 2 aliphatic rings. The Morgan fingerprint density at radius 1 is 1.15 bits per heavy atom. The van der Waals surface area contributed by atoms with E-state index >= 15 is 4.39 Å². The summed E-state index contributed by atoms with van der Waals surface area (Å²) in [6, 6.07) is 9.66. The molecule has 0 radical (unpaired) electrons. The van der Waals surface area contributed by atoms with E-state index in [-0.39, 0.29) is 23.3 Å². The van der Waals surface area contributed by atoms with Gasteiger partial charge in [0.2, 0.25) is 0 Å². The maximum atomic E-state index is 15.2. The van der Waals surface area contributed by atoms with E-state index in [0.29, 0.717) is 5.02 Å². The smallest absolute Gasteiger partial charge is 0.329 e. The Morgan fingerprint density at radius 3 is 2.52 bits per heavy atom. The largest absolute Gasteiger partial charge is 0.362 e. The van der Waals surface area contributed by atoms with Gasteiger partial charge in [-0.05, 0) is 68.7 Å². The van der Waals surface area contributed by atoms with E-state index < -0.39 is 17.8 Å². The van der Waals surface area contributed by atoms with Crippen molar-refractivity contribution in [1.82, 2.24) is 10.2 Å². The Morgan fingerprint density at radius 2 is 1.85 bits per heavy atom. The zero-order valence-corrected chi connectivity index (χ0v) is 20.0. The summed E-state index contributed by atoms with van der Waals surface area (Å²) in [5, 5.41) is 3.15. The van der Waals surface area contributed by atoms with Crippen molar-refractivity contribution < 1.29 is 14.0 Å². The first-order chi connectivity index (χ1) is 15.6. The maximum Gasteiger partial charge on any atom is 0.329 e. The zero-order chi connectivity index (χ0) is 23.9. The highest BCUT2D eigenvalue weighted by atomic mass is 35.5. The third-order valence-electron chi connectivity index (χ3n) is 6.06. The van der Waals surface area contributed by atoms with Gasteiger partial charge in [-0.1, -0.05) is 36.7 Å². The Kier molecular flexibility index (Phi) is 6.06. The lowest BCUT2D eigenvalue weighted by Crippen LogP contribution is -2.45. The fraction of sp³-hybridized carbons (Fsp3) is 0.308. The molecular weight excluding hydrogens is 441 g/mol. The van der Waals surface area contributed by atoms with Crippen LogP contribution in [0.3, 0.4) is 0 Å². The van der Waals surface area contributed by atoms with Crippen molar-refractivity contribution in [3.8, 4) is 0 Å². The van der Waals surface area contributed by atoms with Gasteiger partial charge in [0.05, 0.1) is 12.1 Å². The van der Waals surface area contributed by atoms with Gasteiger partial charge in [-0.3, -0.25) is 9.69 Å². The van der Waals surface area contributed by atoms with E-state index in [4.69, 9.17) is 11.6 Å². The molecule has 5 nitrogen and oxygen atoms in total. The highest BCUT2D eigenvalue weighted by Gasteiger charge is 2.35. The number of nitrogens with one attached hydrogen (secondary N) is 1. The number of amides is 3. The van der Waals surface area contributed by atoms with Gasteiger partial charge in [-0.15, -0.1) is 0 Å². The molecule has 0 bridgehead atoms. The summed E-state index contributed by atoms with van der Waals surface area (Å²) in [7, 11) is 0. The first kappa shape index (κ1) is 23.1. The molecular formula is C26H27ClFN3O2. The van der Waals surface area contributed by atoms with Gasteiger partial charge in [0.25, 0.3) is 5.91 Å². The van der Waals surface area contributed by atoms with Crippen molar-refractivity contribution in [1.29, 1.82) is 0 Å². The van der Waals surface area contributed by atoms with Crippen LogP contribution < -0.4 is 10.2 Å². The summed E-state index contributed by atoms with van der Waals surface area (Å²) < 4.78 is 15.2. The summed E-state index contributed by atoms with van der Waals surface area (Å²) in [5.74, 6) is -0.931. The number of benzene rings is 2. The Balaban J connectivity index is 1.66. The van der Waals surface area contributed by atoms with Crippen molar-refractivity contribution in [2.75, 3.05) is 11.4 Å². The Labute approximate surface area is 198 Å². The molecule has 2 aromatic carbocycles. The number of carbonyl (C=O) groups is 2. The number of rotatable bonds is 5. The molecule has 0 atom stereocenters. The molecule has 1 N–H and O–H groups in total. The van der Waals surface area contributed by atoms with E-state index in [9.17, 15) is 9.59 Å². The van der Waals surface area contributed by atoms with Gasteiger partial charge in [-0.2, -0.15) is 0 Å². The first-order valence-corrected chi connectivity index (χ1v) is 11.4. The molecule has 0 spiro atoms. The second-order valence-electron chi connectivity index (χ2n) is 9.03. The van der Waals surface area contributed by atoms with E-state index in [1.54, 1.807) is 30.3 Å². The number of hydrogen-bond donors (Lipinski definition) is 1. The van der Waals surface area contributed by atoms with Crippen LogP contribution in [0, 0.1) is 5.82 Å². The predicted octanol–water partition coefficient (Wildman–Crippen LogP) is 5.98. The highest BCUT2D eigenvalue weighted by Crippen LogP contribution is 2.40. The molecule has 2 aliphatic heterocycles. The number of allylic oxidation sites excluding steroid dienone is 1. The molecule has 0 aliphatic carbocycles. The van der Waals surface area contributed by atoms with Crippen LogP contribution in [-0.2, 0) is 11.3 Å². The summed E-state index contributed by atoms with van der Waals surface area (Å²) in [6.07, 6.45) is 4.53. The Bertz CT molecular complexity index is 1180. The van der Waals surface area contributed by atoms with E-state index in [1.165, 1.54) is 12.1 Å². The molecule has 1 saturated heterocycles. The summed E-state index contributed by atoms with van der Waals surface area (Å²) in [6.45, 7) is 9.25. The molecule has 0 unspecified atom stereocenters. The minimum absolute atomic E-state index is 0.0519. The molecule has 172 valence electrons. The minimum Gasteiger partial charge on any atom is -0.362 e. The topological polar surface area (TPSA) is 52.7 Å². The number of imide groups is 1. The van der Waals surface area contributed by atoms with Gasteiger partial charge < -0.3 is 10.2 Å². The van der Waals surface area contributed by atoms with Crippen molar-refractivity contribution in [3.63, 3.8) is 0 Å². The average Bonchev–Trinajstić information content (AvgIpc) is 3.00. The monoisotopic (exact) mass is 467 g/mol. The molecule has 4 rings (SSSR count). The molecule has 0 saturated carbocycles. The van der Waals surface area contributed by atoms with Crippen LogP contribution in [0.2, 0.25) is 5.02 Å². The van der Waals surface area contributed by atoms with Crippen LogP contribution >= 0.6 is 11.6 Å². The van der Waals surface area contributed by atoms with Gasteiger partial charge in [0.1, 0.15) is 11.5 Å². The van der Waals surface area contributed by atoms with Crippen LogP contribution in [0.4, 0.5) is 14.9 Å². The first-order valence-electron chi connectivity index (χ1n) is 11.0. The normalized spacial score (nSPS) is 18.5. The second kappa shape index (κ2) is 8.67. The van der Waals surface area contributed by atoms with Gasteiger partial charge >= 0.3 is 6.03 Å². The minimum atomic E-state index is -0.536. The quantitative estimate of drug-likeness (QED) is 0.434. The fourth-order valence-corrected chi connectivity index (χ4v) is 4.63. The SMILES string of the molecule is CCCN1c2cc(F)c(/C=C3/NC(=O)N(Cc4ccc(Cl)cc4)C3=O)cc2C(C)=CC1(C)C. The third-order valence-corrected chi connectivity index (χ3v) is 6.31. The molecule has 33 heavy (non-hydrogen) atoms. The van der Waals surface area contributed by atoms with Crippen molar-refractivity contribution in [2.45, 2.75) is 46.2 Å². The second-order valence-corrected chi connectivity index (χ2v) is 9.47. The third kappa shape index (κ3) is 4.40. The number of anilines is 1. The number of fused-ring (bicyclic) bond motifs is 1. The zero-order valence-electron chi connectivity index (χ0n) is 19.2. The fourth-order valence-electron chi connectivity index (χ4n) is 4.50. The number of nitrogens with zero attached hydrogens (tertiary/aromatic N) is 2. The Hall–Kier alpha value is -3.12. The predicted molar refractivity (Wildman–Crippen MR) is 130 cm³/mol. The van der Waals surface area contributed by atoms with E-state index in [1.807, 2.05) is 6.92 Å². The lowest BCUT2D eigenvalue weighted by atomic mass is 9.87. The van der Waals surface area contributed by atoms with Crippen LogP contribution in [0.1, 0.15) is 50.8 Å². The number of carbonyl (C=O) groups excluding carboxylic acids is 2. The van der Waals surface area contributed by atoms with Crippen LogP contribution in [-0.4, -0.2) is 28.9 Å². The van der Waals surface area contributed by atoms with Gasteiger partial charge in [0.15, 0.2) is 0 Å². The van der Waals surface area contributed by atoms with Crippen LogP contribution in [0.15, 0.2) is 48.2 Å². The van der Waals surface area contributed by atoms with E-state index in [2.05, 4.69) is 37.1 Å². The number of urea groups is 1. The maximum absolute atomic E-state index is 15.2. The molecule has 1 fully saturated rings. The lowest BCUT2D eigenvalue weighted by Gasteiger charge is -2.43. The molecule has 2 heterocycles. The van der Waals surface area contributed by atoms with E-state index in [0.717, 1.165) is 40.3 Å². The van der Waals surface area contributed by atoms with Gasteiger partial charge in [-0.25, -0.2) is 9.18 Å². The summed E-state index contributed by atoms with van der Waals surface area (Å²) in [5.41, 5.74) is 3.66. The van der Waals surface area contributed by atoms with Crippen LogP contribution in [0.25, 0.3) is 11.6 Å². The van der Waals surface area contributed by atoms with Crippen LogP contribution in [0.5, 0.6) is 0 Å². The molecule has 3 amide bonds. The van der Waals surface area contributed by atoms with Gasteiger partial charge in [0, 0.05) is 28.4 Å². The summed E-state index contributed by atoms with van der Waals surface area (Å²) >= 11 is 5.91. The molecule has 2 aromatic rings. The van der Waals surface area contributed by atoms with Crippen molar-refractivity contribution >= 4 is 40.9 Å². The number of hydrogen-bond acceptors (Lipinski definition) is 3. The van der Waals surface area contributed by atoms with Crippen molar-refractivity contribution in [3.05, 3.63) is 75.7 Å². The lowest BCUT2D eigenvalue weighted by molar-refractivity contribution is -0.123.